The SMILES string of the molecule is CC(C)c1ccc(OCCOc2ccccc2C(=O)O)cc1. The number of ether oxygens (including phenoxy) is 2. The smallest absolute Gasteiger partial charge is 0.339 e. The van der Waals surface area contributed by atoms with Gasteiger partial charge in [0.1, 0.15) is 30.3 Å². The molecule has 0 aliphatic rings. The van der Waals surface area contributed by atoms with E-state index in [4.69, 9.17) is 14.6 Å². The van der Waals surface area contributed by atoms with Gasteiger partial charge in [-0.1, -0.05) is 38.1 Å². The highest BCUT2D eigenvalue weighted by molar-refractivity contribution is 5.90. The topological polar surface area (TPSA) is 55.8 Å². The number of hydrogen-bond donors (Lipinski definition) is 1. The molecular formula is C18H20O4. The zero-order valence-electron chi connectivity index (χ0n) is 12.8. The summed E-state index contributed by atoms with van der Waals surface area (Å²) in [7, 11) is 0. The molecule has 0 heterocycles. The van der Waals surface area contributed by atoms with Gasteiger partial charge in [0.15, 0.2) is 0 Å². The number of hydrogen-bond acceptors (Lipinski definition) is 3. The zero-order chi connectivity index (χ0) is 15.9. The molecule has 2 aromatic rings. The first kappa shape index (κ1) is 15.9. The van der Waals surface area contributed by atoms with E-state index >= 15 is 0 Å². The van der Waals surface area contributed by atoms with Crippen LogP contribution < -0.4 is 9.47 Å². The molecule has 1 N–H and O–H groups in total. The molecule has 0 radical (unpaired) electrons. The third-order valence-corrected chi connectivity index (χ3v) is 3.27. The van der Waals surface area contributed by atoms with Gasteiger partial charge in [0.25, 0.3) is 0 Å². The van der Waals surface area contributed by atoms with Gasteiger partial charge in [-0.05, 0) is 35.7 Å². The van der Waals surface area contributed by atoms with Crippen molar-refractivity contribution in [2.45, 2.75) is 19.8 Å². The minimum atomic E-state index is -0.999. The molecule has 0 amide bonds. The van der Waals surface area contributed by atoms with Crippen LogP contribution in [0.25, 0.3) is 0 Å². The molecule has 0 atom stereocenters. The van der Waals surface area contributed by atoms with Crippen molar-refractivity contribution < 1.29 is 19.4 Å². The van der Waals surface area contributed by atoms with Crippen molar-refractivity contribution in [1.29, 1.82) is 0 Å². The molecule has 0 spiro atoms. The van der Waals surface area contributed by atoms with E-state index < -0.39 is 5.97 Å². The highest BCUT2D eigenvalue weighted by Crippen LogP contribution is 2.19. The van der Waals surface area contributed by atoms with E-state index in [1.807, 2.05) is 24.3 Å². The van der Waals surface area contributed by atoms with Crippen molar-refractivity contribution in [2.75, 3.05) is 13.2 Å². The third kappa shape index (κ3) is 4.25. The number of para-hydroxylation sites is 1. The van der Waals surface area contributed by atoms with Gasteiger partial charge in [-0.25, -0.2) is 4.79 Å². The maximum atomic E-state index is 11.1. The van der Waals surface area contributed by atoms with Gasteiger partial charge in [-0.3, -0.25) is 0 Å². The molecule has 4 heteroatoms. The Morgan fingerprint density at radius 1 is 1.00 bits per heavy atom. The van der Waals surface area contributed by atoms with Crippen LogP contribution in [0, 0.1) is 0 Å². The largest absolute Gasteiger partial charge is 0.490 e. The predicted octanol–water partition coefficient (Wildman–Crippen LogP) is 3.97. The maximum absolute atomic E-state index is 11.1. The minimum Gasteiger partial charge on any atom is -0.490 e. The Hall–Kier alpha value is -2.49. The molecule has 22 heavy (non-hydrogen) atoms. The first-order valence-electron chi connectivity index (χ1n) is 7.26. The Kier molecular flexibility index (Phi) is 5.42. The lowest BCUT2D eigenvalue weighted by Gasteiger charge is -2.11. The summed E-state index contributed by atoms with van der Waals surface area (Å²) in [5.41, 5.74) is 1.42. The van der Waals surface area contributed by atoms with Crippen LogP contribution in [0.3, 0.4) is 0 Å². The molecule has 0 saturated heterocycles. The number of rotatable bonds is 7. The summed E-state index contributed by atoms with van der Waals surface area (Å²) in [5.74, 6) is 0.624. The fourth-order valence-electron chi connectivity index (χ4n) is 2.03. The summed E-state index contributed by atoms with van der Waals surface area (Å²) in [6, 6.07) is 14.5. The van der Waals surface area contributed by atoms with Crippen LogP contribution >= 0.6 is 0 Å². The van der Waals surface area contributed by atoms with E-state index in [9.17, 15) is 4.79 Å². The fourth-order valence-corrected chi connectivity index (χ4v) is 2.03. The summed E-state index contributed by atoms with van der Waals surface area (Å²) in [5, 5.41) is 9.06. The number of carboxylic acids is 1. The normalized spacial score (nSPS) is 10.5. The fraction of sp³-hybridized carbons (Fsp3) is 0.278. The van der Waals surface area contributed by atoms with Crippen molar-refractivity contribution in [1.82, 2.24) is 0 Å². The molecule has 2 aromatic carbocycles. The Balaban J connectivity index is 1.83. The molecule has 4 nitrogen and oxygen atoms in total. The summed E-state index contributed by atoms with van der Waals surface area (Å²) < 4.78 is 11.1. The molecule has 0 bridgehead atoms. The predicted molar refractivity (Wildman–Crippen MR) is 84.9 cm³/mol. The standard InChI is InChI=1S/C18H20O4/c1-13(2)14-7-9-15(10-8-14)21-11-12-22-17-6-4-3-5-16(17)18(19)20/h3-10,13H,11-12H2,1-2H3,(H,19,20). The third-order valence-electron chi connectivity index (χ3n) is 3.27. The van der Waals surface area contributed by atoms with Gasteiger partial charge in [-0.15, -0.1) is 0 Å². The lowest BCUT2D eigenvalue weighted by atomic mass is 10.0. The average molecular weight is 300 g/mol. The highest BCUT2D eigenvalue weighted by Gasteiger charge is 2.09. The van der Waals surface area contributed by atoms with Crippen molar-refractivity contribution >= 4 is 5.97 Å². The molecule has 0 aromatic heterocycles. The lowest BCUT2D eigenvalue weighted by Crippen LogP contribution is -2.11. The Morgan fingerprint density at radius 3 is 2.27 bits per heavy atom. The van der Waals surface area contributed by atoms with E-state index in [1.54, 1.807) is 18.2 Å². The van der Waals surface area contributed by atoms with Gasteiger partial charge < -0.3 is 14.6 Å². The molecule has 0 fully saturated rings. The number of carbonyl (C=O) groups is 1. The van der Waals surface area contributed by atoms with E-state index in [0.29, 0.717) is 18.3 Å². The van der Waals surface area contributed by atoms with Crippen molar-refractivity contribution in [3.8, 4) is 11.5 Å². The lowest BCUT2D eigenvalue weighted by molar-refractivity contribution is 0.0691. The molecule has 0 aliphatic carbocycles. The van der Waals surface area contributed by atoms with Crippen molar-refractivity contribution in [3.63, 3.8) is 0 Å². The van der Waals surface area contributed by atoms with Crippen LogP contribution in [-0.2, 0) is 0 Å². The molecule has 0 saturated carbocycles. The molecule has 0 unspecified atom stereocenters. The van der Waals surface area contributed by atoms with Crippen LogP contribution in [0.4, 0.5) is 0 Å². The molecule has 0 aliphatic heterocycles. The zero-order valence-corrected chi connectivity index (χ0v) is 12.8. The van der Waals surface area contributed by atoms with Crippen LogP contribution in [0.5, 0.6) is 11.5 Å². The number of benzene rings is 2. The monoisotopic (exact) mass is 300 g/mol. The van der Waals surface area contributed by atoms with Crippen LogP contribution in [-0.4, -0.2) is 24.3 Å². The second-order valence-corrected chi connectivity index (χ2v) is 5.22. The van der Waals surface area contributed by atoms with Crippen molar-refractivity contribution in [3.05, 3.63) is 59.7 Å². The average Bonchev–Trinajstić information content (AvgIpc) is 2.52. The Morgan fingerprint density at radius 2 is 1.64 bits per heavy atom. The van der Waals surface area contributed by atoms with Crippen molar-refractivity contribution in [2.24, 2.45) is 0 Å². The van der Waals surface area contributed by atoms with Gasteiger partial charge in [0.05, 0.1) is 0 Å². The van der Waals surface area contributed by atoms with E-state index in [2.05, 4.69) is 13.8 Å². The summed E-state index contributed by atoms with van der Waals surface area (Å²) >= 11 is 0. The first-order chi connectivity index (χ1) is 10.6. The van der Waals surface area contributed by atoms with Gasteiger partial charge in [0.2, 0.25) is 0 Å². The quantitative estimate of drug-likeness (QED) is 0.786. The molecular weight excluding hydrogens is 280 g/mol. The summed E-state index contributed by atoms with van der Waals surface area (Å²) in [6.45, 7) is 4.93. The summed E-state index contributed by atoms with van der Waals surface area (Å²) in [6.07, 6.45) is 0. The number of aromatic carboxylic acids is 1. The van der Waals surface area contributed by atoms with Crippen LogP contribution in [0.1, 0.15) is 35.7 Å². The van der Waals surface area contributed by atoms with Gasteiger partial charge in [-0.2, -0.15) is 0 Å². The highest BCUT2D eigenvalue weighted by atomic mass is 16.5. The van der Waals surface area contributed by atoms with E-state index in [1.165, 1.54) is 11.6 Å². The van der Waals surface area contributed by atoms with Gasteiger partial charge >= 0.3 is 5.97 Å². The Labute approximate surface area is 130 Å². The van der Waals surface area contributed by atoms with E-state index in [-0.39, 0.29) is 12.2 Å². The summed E-state index contributed by atoms with van der Waals surface area (Å²) in [4.78, 5) is 11.1. The maximum Gasteiger partial charge on any atom is 0.339 e. The van der Waals surface area contributed by atoms with Crippen LogP contribution in [0.15, 0.2) is 48.5 Å². The second-order valence-electron chi connectivity index (χ2n) is 5.22. The number of carboxylic acid groups (broad SMARTS) is 1. The van der Waals surface area contributed by atoms with E-state index in [0.717, 1.165) is 5.75 Å². The molecule has 2 rings (SSSR count). The van der Waals surface area contributed by atoms with Gasteiger partial charge in [0, 0.05) is 0 Å². The molecule has 116 valence electrons. The minimum absolute atomic E-state index is 0.156. The second kappa shape index (κ2) is 7.50. The first-order valence-corrected chi connectivity index (χ1v) is 7.26. The van der Waals surface area contributed by atoms with Crippen LogP contribution in [0.2, 0.25) is 0 Å². The Bertz CT molecular complexity index is 617.